The maximum atomic E-state index is 4.11. The van der Waals surface area contributed by atoms with E-state index in [9.17, 15) is 0 Å². The van der Waals surface area contributed by atoms with Gasteiger partial charge in [0.15, 0.2) is 0 Å². The molecule has 0 aromatic rings. The molecule has 0 aliphatic heterocycles. The summed E-state index contributed by atoms with van der Waals surface area (Å²) < 4.78 is 0. The van der Waals surface area contributed by atoms with Crippen LogP contribution in [0.3, 0.4) is 0 Å². The lowest BCUT2D eigenvalue weighted by molar-refractivity contribution is 0.562. The van der Waals surface area contributed by atoms with Crippen LogP contribution in [0, 0.1) is 5.92 Å². The van der Waals surface area contributed by atoms with Crippen molar-refractivity contribution in [3.63, 3.8) is 0 Å². The van der Waals surface area contributed by atoms with Gasteiger partial charge in [-0.15, -0.1) is 0 Å². The summed E-state index contributed by atoms with van der Waals surface area (Å²) in [7, 11) is 0. The van der Waals surface area contributed by atoms with E-state index >= 15 is 0 Å². The van der Waals surface area contributed by atoms with Gasteiger partial charge in [0.25, 0.3) is 0 Å². The van der Waals surface area contributed by atoms with E-state index in [0.717, 1.165) is 0 Å². The molecule has 0 heterocycles. The van der Waals surface area contributed by atoms with Gasteiger partial charge in [0.05, 0.1) is 0 Å². The molecule has 0 saturated heterocycles. The third-order valence-corrected chi connectivity index (χ3v) is 3.37. The Hall–Kier alpha value is -0.780. The molecule has 0 bridgehead atoms. The average molecular weight is 204 g/mol. The Morgan fingerprint density at radius 2 is 1.87 bits per heavy atom. The first-order valence-electron chi connectivity index (χ1n) is 6.06. The Bertz CT molecular complexity index is 278. The second-order valence-electron chi connectivity index (χ2n) is 4.96. The summed E-state index contributed by atoms with van der Waals surface area (Å²) in [6, 6.07) is 0. The fraction of sp³-hybridized carbons (Fsp3) is 0.600. The average Bonchev–Trinajstić information content (AvgIpc) is 2.16. The minimum atomic E-state index is 0.682. The molecule has 0 spiro atoms. The smallest absolute Gasteiger partial charge is 0.0171 e. The van der Waals surface area contributed by atoms with E-state index in [4.69, 9.17) is 0 Å². The van der Waals surface area contributed by atoms with Crippen LogP contribution in [0.15, 0.2) is 35.5 Å². The third-order valence-electron chi connectivity index (χ3n) is 3.37. The summed E-state index contributed by atoms with van der Waals surface area (Å²) in [5, 5.41) is 0. The van der Waals surface area contributed by atoms with Crippen molar-refractivity contribution in [3.05, 3.63) is 35.5 Å². The van der Waals surface area contributed by atoms with Crippen LogP contribution in [0.25, 0.3) is 0 Å². The summed E-state index contributed by atoms with van der Waals surface area (Å²) >= 11 is 0. The highest BCUT2D eigenvalue weighted by Gasteiger charge is 2.09. The summed E-state index contributed by atoms with van der Waals surface area (Å²) in [5.41, 5.74) is 4.43. The molecule has 15 heavy (non-hydrogen) atoms. The molecule has 0 amide bonds. The van der Waals surface area contributed by atoms with Crippen LogP contribution in [0.2, 0.25) is 0 Å². The van der Waals surface area contributed by atoms with Gasteiger partial charge in [-0.25, -0.2) is 0 Å². The van der Waals surface area contributed by atoms with Gasteiger partial charge in [0.1, 0.15) is 0 Å². The van der Waals surface area contributed by atoms with Crippen molar-refractivity contribution in [3.8, 4) is 0 Å². The van der Waals surface area contributed by atoms with Gasteiger partial charge in [0, 0.05) is 0 Å². The highest BCUT2D eigenvalue weighted by atomic mass is 14.1. The zero-order chi connectivity index (χ0) is 11.3. The minimum absolute atomic E-state index is 0.682. The van der Waals surface area contributed by atoms with Crippen molar-refractivity contribution in [2.75, 3.05) is 0 Å². The molecule has 0 N–H and O–H groups in total. The fourth-order valence-electron chi connectivity index (χ4n) is 2.06. The van der Waals surface area contributed by atoms with Gasteiger partial charge in [-0.05, 0) is 58.8 Å². The molecule has 1 atom stereocenters. The molecule has 1 aliphatic rings. The summed E-state index contributed by atoms with van der Waals surface area (Å²) in [4.78, 5) is 0. The molecule has 0 nitrogen and oxygen atoms in total. The summed E-state index contributed by atoms with van der Waals surface area (Å²) in [6.45, 7) is 10.8. The molecule has 0 aromatic carbocycles. The zero-order valence-corrected chi connectivity index (χ0v) is 10.5. The van der Waals surface area contributed by atoms with Crippen molar-refractivity contribution >= 4 is 0 Å². The van der Waals surface area contributed by atoms with Crippen molar-refractivity contribution in [2.24, 2.45) is 5.92 Å². The van der Waals surface area contributed by atoms with Crippen LogP contribution in [-0.2, 0) is 0 Å². The van der Waals surface area contributed by atoms with Crippen molar-refractivity contribution in [1.82, 2.24) is 0 Å². The molecular weight excluding hydrogens is 180 g/mol. The molecular formula is C15H24. The van der Waals surface area contributed by atoms with E-state index < -0.39 is 0 Å². The topological polar surface area (TPSA) is 0 Å². The van der Waals surface area contributed by atoms with Crippen molar-refractivity contribution in [2.45, 2.75) is 52.9 Å². The molecule has 1 rings (SSSR count). The lowest BCUT2D eigenvalue weighted by Gasteiger charge is -2.17. The fourth-order valence-corrected chi connectivity index (χ4v) is 2.06. The monoisotopic (exact) mass is 204 g/mol. The van der Waals surface area contributed by atoms with Crippen molar-refractivity contribution < 1.29 is 0 Å². The third kappa shape index (κ3) is 4.51. The van der Waals surface area contributed by atoms with E-state index in [2.05, 4.69) is 39.5 Å². The van der Waals surface area contributed by atoms with Crippen LogP contribution >= 0.6 is 0 Å². The van der Waals surface area contributed by atoms with Gasteiger partial charge in [-0.2, -0.15) is 0 Å². The molecule has 0 fully saturated rings. The van der Waals surface area contributed by atoms with Crippen LogP contribution in [-0.4, -0.2) is 0 Å². The van der Waals surface area contributed by atoms with Gasteiger partial charge in [-0.3, -0.25) is 0 Å². The van der Waals surface area contributed by atoms with E-state index in [1.54, 1.807) is 5.57 Å². The zero-order valence-electron chi connectivity index (χ0n) is 10.5. The quantitative estimate of drug-likeness (QED) is 0.525. The van der Waals surface area contributed by atoms with Gasteiger partial charge >= 0.3 is 0 Å². The molecule has 1 unspecified atom stereocenters. The van der Waals surface area contributed by atoms with Crippen molar-refractivity contribution in [1.29, 1.82) is 0 Å². The summed E-state index contributed by atoms with van der Waals surface area (Å²) in [5.74, 6) is 0.682. The second kappa shape index (κ2) is 5.95. The van der Waals surface area contributed by atoms with Crippen LogP contribution in [0.5, 0.6) is 0 Å². The SMILES string of the molecule is C=C(C)C1CC=C(C)CCC=C(C)CC1. The molecule has 0 heteroatoms. The van der Waals surface area contributed by atoms with Crippen LogP contribution in [0.1, 0.15) is 52.9 Å². The predicted octanol–water partition coefficient (Wildman–Crippen LogP) is 5.04. The normalized spacial score (nSPS) is 24.1. The largest absolute Gasteiger partial charge is 0.0998 e. The molecule has 0 saturated carbocycles. The number of allylic oxidation sites excluding steroid dienone is 5. The lowest BCUT2D eigenvalue weighted by Crippen LogP contribution is -2.02. The minimum Gasteiger partial charge on any atom is -0.0998 e. The van der Waals surface area contributed by atoms with E-state index in [-0.39, 0.29) is 0 Å². The van der Waals surface area contributed by atoms with Crippen LogP contribution in [0.4, 0.5) is 0 Å². The standard InChI is InChI=1S/C15H24/c1-12(2)15-10-8-13(3)6-5-7-14(4)9-11-15/h6,9,15H,1,5,7-8,10-11H2,2-4H3. The summed E-state index contributed by atoms with van der Waals surface area (Å²) in [6.07, 6.45) is 10.9. The first-order chi connectivity index (χ1) is 7.09. The van der Waals surface area contributed by atoms with Gasteiger partial charge in [0.2, 0.25) is 0 Å². The first kappa shape index (κ1) is 12.3. The van der Waals surface area contributed by atoms with Gasteiger partial charge in [-0.1, -0.05) is 35.5 Å². The molecule has 0 aromatic heterocycles. The maximum absolute atomic E-state index is 4.11. The van der Waals surface area contributed by atoms with E-state index in [1.807, 2.05) is 0 Å². The Morgan fingerprint density at radius 1 is 1.20 bits per heavy atom. The lowest BCUT2D eigenvalue weighted by atomic mass is 9.89. The molecule has 1 aliphatic carbocycles. The molecule has 0 radical (unpaired) electrons. The Kier molecular flexibility index (Phi) is 4.87. The Morgan fingerprint density at radius 3 is 2.53 bits per heavy atom. The first-order valence-corrected chi connectivity index (χ1v) is 6.06. The van der Waals surface area contributed by atoms with E-state index in [0.29, 0.717) is 5.92 Å². The number of rotatable bonds is 1. The number of hydrogen-bond donors (Lipinski definition) is 0. The van der Waals surface area contributed by atoms with E-state index in [1.165, 1.54) is 43.3 Å². The molecule has 84 valence electrons. The predicted molar refractivity (Wildman–Crippen MR) is 68.9 cm³/mol. The highest BCUT2D eigenvalue weighted by molar-refractivity contribution is 5.09. The van der Waals surface area contributed by atoms with Crippen LogP contribution < -0.4 is 0 Å². The number of hydrogen-bond acceptors (Lipinski definition) is 0. The highest BCUT2D eigenvalue weighted by Crippen LogP contribution is 2.25. The second-order valence-corrected chi connectivity index (χ2v) is 4.96. The Balaban J connectivity index is 2.70. The Labute approximate surface area is 94.8 Å². The maximum Gasteiger partial charge on any atom is -0.0171 e. The van der Waals surface area contributed by atoms with Gasteiger partial charge < -0.3 is 0 Å².